The molecule has 11 heavy (non-hydrogen) atoms. The van der Waals surface area contributed by atoms with Crippen molar-refractivity contribution in [2.24, 2.45) is 0 Å². The maximum absolute atomic E-state index is 10.2. The summed E-state index contributed by atoms with van der Waals surface area (Å²) in [7, 11) is 0. The molecule has 0 aliphatic carbocycles. The third-order valence-electron chi connectivity index (χ3n) is 1.01. The van der Waals surface area contributed by atoms with Gasteiger partial charge in [0.05, 0.1) is 11.8 Å². The number of aliphatic hydroxyl groups excluding tert-OH is 1. The maximum atomic E-state index is 10.2. The summed E-state index contributed by atoms with van der Waals surface area (Å²) in [5.74, 6) is -1.06. The van der Waals surface area contributed by atoms with Gasteiger partial charge in [-0.1, -0.05) is 6.92 Å². The Morgan fingerprint density at radius 3 is 2.55 bits per heavy atom. The van der Waals surface area contributed by atoms with E-state index in [9.17, 15) is 4.79 Å². The van der Waals surface area contributed by atoms with Gasteiger partial charge in [0.15, 0.2) is 6.29 Å². The van der Waals surface area contributed by atoms with E-state index in [1.54, 1.807) is 6.92 Å². The molecule has 1 radical (unpaired) electrons. The van der Waals surface area contributed by atoms with E-state index in [-0.39, 0.29) is 5.57 Å². The first-order valence-corrected chi connectivity index (χ1v) is 3.11. The molecule has 1 atom stereocenters. The zero-order valence-electron chi connectivity index (χ0n) is 6.44. The van der Waals surface area contributed by atoms with Crippen LogP contribution in [0.15, 0.2) is 11.8 Å². The number of hydrogen-bond acceptors (Lipinski definition) is 3. The molecule has 0 heterocycles. The fourth-order valence-electron chi connectivity index (χ4n) is 0.301. The number of carboxylic acid groups (broad SMARTS) is 1. The van der Waals surface area contributed by atoms with Gasteiger partial charge < -0.3 is 14.9 Å². The van der Waals surface area contributed by atoms with E-state index in [1.807, 2.05) is 0 Å². The minimum atomic E-state index is -1.06. The highest BCUT2D eigenvalue weighted by Gasteiger charge is 2.02. The lowest BCUT2D eigenvalue weighted by atomic mass is 10.3. The van der Waals surface area contributed by atoms with Crippen molar-refractivity contribution in [3.05, 3.63) is 18.3 Å². The molecule has 0 aromatic rings. The van der Waals surface area contributed by atoms with Crippen molar-refractivity contribution < 1.29 is 19.7 Å². The lowest BCUT2D eigenvalue weighted by Gasteiger charge is -2.05. The predicted octanol–water partition coefficient (Wildman–Crippen LogP) is 0.534. The highest BCUT2D eigenvalue weighted by molar-refractivity contribution is 5.85. The molecule has 0 aliphatic heterocycles. The average molecular weight is 159 g/mol. The average Bonchev–Trinajstić information content (AvgIpc) is 1.99. The van der Waals surface area contributed by atoms with Crippen molar-refractivity contribution in [1.29, 1.82) is 0 Å². The van der Waals surface area contributed by atoms with Gasteiger partial charge in [0.1, 0.15) is 0 Å². The molecule has 0 spiro atoms. The quantitative estimate of drug-likeness (QED) is 0.357. The highest BCUT2D eigenvalue weighted by Crippen LogP contribution is 1.97. The van der Waals surface area contributed by atoms with Crippen LogP contribution >= 0.6 is 0 Å². The first-order chi connectivity index (χ1) is 5.07. The van der Waals surface area contributed by atoms with Crippen molar-refractivity contribution in [3.63, 3.8) is 0 Å². The van der Waals surface area contributed by atoms with E-state index in [0.29, 0.717) is 0 Å². The molecular weight excluding hydrogens is 148 g/mol. The van der Waals surface area contributed by atoms with Gasteiger partial charge in [0.2, 0.25) is 0 Å². The molecule has 0 amide bonds. The molecule has 0 rings (SSSR count). The second kappa shape index (κ2) is 4.73. The molecule has 4 heteroatoms. The summed E-state index contributed by atoms with van der Waals surface area (Å²) < 4.78 is 4.57. The Hall–Kier alpha value is -1.03. The predicted molar refractivity (Wildman–Crippen MR) is 38.5 cm³/mol. The lowest BCUT2D eigenvalue weighted by molar-refractivity contribution is -0.132. The molecule has 0 aromatic carbocycles. The fourth-order valence-corrected chi connectivity index (χ4v) is 0.301. The second-order valence-electron chi connectivity index (χ2n) is 1.97. The second-order valence-corrected chi connectivity index (χ2v) is 1.97. The molecule has 4 nitrogen and oxygen atoms in total. The minimum Gasteiger partial charge on any atom is -0.478 e. The number of carboxylic acids is 1. The van der Waals surface area contributed by atoms with Gasteiger partial charge >= 0.3 is 5.97 Å². The first kappa shape index (κ1) is 9.97. The van der Waals surface area contributed by atoms with Crippen LogP contribution in [0.25, 0.3) is 0 Å². The highest BCUT2D eigenvalue weighted by atomic mass is 16.6. The van der Waals surface area contributed by atoms with Gasteiger partial charge in [0.25, 0.3) is 0 Å². The Labute approximate surface area is 65.1 Å². The number of rotatable bonds is 4. The van der Waals surface area contributed by atoms with Crippen LogP contribution in [0.3, 0.4) is 0 Å². The van der Waals surface area contributed by atoms with Crippen molar-refractivity contribution in [2.45, 2.75) is 20.1 Å². The normalized spacial score (nSPS) is 14.3. The number of aliphatic hydroxyl groups is 1. The van der Waals surface area contributed by atoms with Crippen LogP contribution in [0, 0.1) is 6.42 Å². The smallest absolute Gasteiger partial charge is 0.334 e. The van der Waals surface area contributed by atoms with E-state index >= 15 is 0 Å². The lowest BCUT2D eigenvalue weighted by Crippen LogP contribution is -2.08. The molecule has 0 saturated carbocycles. The van der Waals surface area contributed by atoms with Crippen LogP contribution in [-0.4, -0.2) is 22.5 Å². The van der Waals surface area contributed by atoms with Crippen LogP contribution < -0.4 is 0 Å². The van der Waals surface area contributed by atoms with E-state index in [1.165, 1.54) is 13.3 Å². The van der Waals surface area contributed by atoms with Crippen molar-refractivity contribution in [2.75, 3.05) is 0 Å². The van der Waals surface area contributed by atoms with Crippen LogP contribution in [0.1, 0.15) is 13.8 Å². The van der Waals surface area contributed by atoms with Crippen molar-refractivity contribution >= 4 is 5.97 Å². The monoisotopic (exact) mass is 159 g/mol. The van der Waals surface area contributed by atoms with Gasteiger partial charge in [-0.2, -0.15) is 0 Å². The van der Waals surface area contributed by atoms with E-state index in [4.69, 9.17) is 10.2 Å². The minimum absolute atomic E-state index is 0.0471. The summed E-state index contributed by atoms with van der Waals surface area (Å²) >= 11 is 0. The van der Waals surface area contributed by atoms with Crippen LogP contribution in [0.2, 0.25) is 0 Å². The molecule has 0 aromatic heterocycles. The van der Waals surface area contributed by atoms with Crippen LogP contribution in [0.4, 0.5) is 0 Å². The molecule has 0 aliphatic rings. The molecule has 0 saturated heterocycles. The maximum Gasteiger partial charge on any atom is 0.334 e. The number of aliphatic carboxylic acids is 1. The van der Waals surface area contributed by atoms with Crippen LogP contribution in [-0.2, 0) is 9.53 Å². The summed E-state index contributed by atoms with van der Waals surface area (Å²) in [5.41, 5.74) is 0.0471. The van der Waals surface area contributed by atoms with E-state index < -0.39 is 12.3 Å². The van der Waals surface area contributed by atoms with Gasteiger partial charge in [-0.3, -0.25) is 0 Å². The summed E-state index contributed by atoms with van der Waals surface area (Å²) in [6.07, 6.45) is 1.36. The first-order valence-electron chi connectivity index (χ1n) is 3.11. The third kappa shape index (κ3) is 4.38. The number of carbonyl (C=O) groups is 1. The number of ether oxygens (including phenoxy) is 1. The van der Waals surface area contributed by atoms with Gasteiger partial charge in [-0.15, -0.1) is 0 Å². The molecule has 2 N–H and O–H groups in total. The molecule has 0 bridgehead atoms. The summed E-state index contributed by atoms with van der Waals surface area (Å²) in [5, 5.41) is 17.1. The molecule has 63 valence electrons. The zero-order valence-corrected chi connectivity index (χ0v) is 6.44. The summed E-state index contributed by atoms with van der Waals surface area (Å²) in [6.45, 7) is 2.99. The van der Waals surface area contributed by atoms with Crippen LogP contribution in [0.5, 0.6) is 0 Å². The Kier molecular flexibility index (Phi) is 4.29. The Bertz CT molecular complexity index is 162. The summed E-state index contributed by atoms with van der Waals surface area (Å²) in [4.78, 5) is 10.2. The molecular formula is C7H11O4. The Balaban J connectivity index is 3.82. The summed E-state index contributed by atoms with van der Waals surface area (Å²) in [6, 6.07) is 0. The van der Waals surface area contributed by atoms with Gasteiger partial charge in [-0.25, -0.2) is 4.79 Å². The molecule has 0 fully saturated rings. The molecule has 1 unspecified atom stereocenters. The SMILES string of the molecule is C[CH]C(O)OC=C(C)C(=O)O. The van der Waals surface area contributed by atoms with Gasteiger partial charge in [0, 0.05) is 6.42 Å². The largest absolute Gasteiger partial charge is 0.478 e. The fraction of sp³-hybridized carbons (Fsp3) is 0.429. The van der Waals surface area contributed by atoms with Crippen molar-refractivity contribution in [1.82, 2.24) is 0 Å². The Morgan fingerprint density at radius 1 is 1.64 bits per heavy atom. The van der Waals surface area contributed by atoms with E-state index in [2.05, 4.69) is 4.74 Å². The third-order valence-corrected chi connectivity index (χ3v) is 1.01. The Morgan fingerprint density at radius 2 is 2.18 bits per heavy atom. The number of hydrogen-bond donors (Lipinski definition) is 2. The zero-order chi connectivity index (χ0) is 8.85. The topological polar surface area (TPSA) is 66.8 Å². The van der Waals surface area contributed by atoms with Crippen molar-refractivity contribution in [3.8, 4) is 0 Å². The van der Waals surface area contributed by atoms with E-state index in [0.717, 1.165) is 6.26 Å². The van der Waals surface area contributed by atoms with Gasteiger partial charge in [-0.05, 0) is 6.92 Å². The standard InChI is InChI=1S/C7H11O4/c1-3-6(8)11-4-5(2)7(9)10/h3-4,6,8H,1-2H3,(H,9,10).